The Morgan fingerprint density at radius 2 is 1.62 bits per heavy atom. The molecule has 1 aliphatic rings. The van der Waals surface area contributed by atoms with Crippen LogP contribution in [0.15, 0.2) is 42.5 Å². The van der Waals surface area contributed by atoms with E-state index in [-0.39, 0.29) is 5.91 Å². The van der Waals surface area contributed by atoms with E-state index in [1.165, 1.54) is 5.56 Å². The Balaban J connectivity index is 1.46. The van der Waals surface area contributed by atoms with Crippen molar-refractivity contribution in [1.82, 2.24) is 9.80 Å². The van der Waals surface area contributed by atoms with E-state index < -0.39 is 0 Å². The molecule has 1 fully saturated rings. The van der Waals surface area contributed by atoms with E-state index in [0.717, 1.165) is 55.7 Å². The highest BCUT2D eigenvalue weighted by Crippen LogP contribution is 2.28. The summed E-state index contributed by atoms with van der Waals surface area (Å²) in [4.78, 5) is 16.9. The van der Waals surface area contributed by atoms with Crippen molar-refractivity contribution in [2.75, 3.05) is 59.4 Å². The van der Waals surface area contributed by atoms with Crippen LogP contribution >= 0.6 is 0 Å². The zero-order valence-corrected chi connectivity index (χ0v) is 17.3. The summed E-state index contributed by atoms with van der Waals surface area (Å²) in [5.41, 5.74) is 1.94. The lowest BCUT2D eigenvalue weighted by Crippen LogP contribution is -2.48. The van der Waals surface area contributed by atoms with Gasteiger partial charge in [-0.2, -0.15) is 0 Å². The number of nitrogens with zero attached hydrogens (tertiary/aromatic N) is 2. The Kier molecular flexibility index (Phi) is 7.32. The fraction of sp³-hybridized carbons (Fsp3) is 0.409. The largest absolute Gasteiger partial charge is 0.497 e. The predicted octanol–water partition coefficient (Wildman–Crippen LogP) is 2.47. The van der Waals surface area contributed by atoms with Gasteiger partial charge in [-0.25, -0.2) is 0 Å². The number of hydrogen-bond acceptors (Lipinski definition) is 6. The average Bonchev–Trinajstić information content (AvgIpc) is 2.75. The summed E-state index contributed by atoms with van der Waals surface area (Å²) in [5, 5.41) is 2.94. The van der Waals surface area contributed by atoms with E-state index in [2.05, 4.69) is 21.2 Å². The molecule has 0 atom stereocenters. The molecule has 1 saturated heterocycles. The molecule has 0 bridgehead atoms. The molecule has 0 radical (unpaired) electrons. The number of rotatable bonds is 8. The maximum atomic E-state index is 12.4. The second kappa shape index (κ2) is 10.1. The Morgan fingerprint density at radius 3 is 2.31 bits per heavy atom. The Bertz CT molecular complexity index is 819. The van der Waals surface area contributed by atoms with Gasteiger partial charge in [-0.3, -0.25) is 14.6 Å². The van der Waals surface area contributed by atoms with Gasteiger partial charge in [0, 0.05) is 44.5 Å². The molecule has 2 aromatic carbocycles. The van der Waals surface area contributed by atoms with Gasteiger partial charge in [-0.15, -0.1) is 0 Å². The van der Waals surface area contributed by atoms with E-state index in [9.17, 15) is 4.79 Å². The third-order valence-corrected chi connectivity index (χ3v) is 5.04. The second-order valence-electron chi connectivity index (χ2n) is 7.02. The summed E-state index contributed by atoms with van der Waals surface area (Å²) in [6, 6.07) is 13.4. The van der Waals surface area contributed by atoms with Gasteiger partial charge in [0.2, 0.25) is 5.91 Å². The van der Waals surface area contributed by atoms with Crippen LogP contribution in [0.5, 0.6) is 17.2 Å². The molecule has 0 unspecified atom stereocenters. The zero-order valence-electron chi connectivity index (χ0n) is 17.3. The van der Waals surface area contributed by atoms with Crippen LogP contribution in [-0.4, -0.2) is 69.8 Å². The van der Waals surface area contributed by atoms with E-state index in [1.807, 2.05) is 36.4 Å². The van der Waals surface area contributed by atoms with Crippen LogP contribution in [0.3, 0.4) is 0 Å². The Labute approximate surface area is 172 Å². The minimum absolute atomic E-state index is 0.00778. The number of piperazine rings is 1. The minimum Gasteiger partial charge on any atom is -0.497 e. The van der Waals surface area contributed by atoms with Crippen LogP contribution in [-0.2, 0) is 11.3 Å². The number of anilines is 1. The van der Waals surface area contributed by atoms with Crippen molar-refractivity contribution in [3.05, 3.63) is 48.0 Å². The Morgan fingerprint density at radius 1 is 0.897 bits per heavy atom. The van der Waals surface area contributed by atoms with E-state index in [4.69, 9.17) is 14.2 Å². The standard InChI is InChI=1S/C22H29N3O4/c1-27-19-6-4-5-18(14-19)23-22(26)16-25-11-9-24(10-12-25)15-17-7-8-20(28-2)21(13-17)29-3/h4-8,13-14H,9-12,15-16H2,1-3H3,(H,23,26). The number of carbonyl (C=O) groups is 1. The molecule has 1 N–H and O–H groups in total. The highest BCUT2D eigenvalue weighted by atomic mass is 16.5. The van der Waals surface area contributed by atoms with Gasteiger partial charge >= 0.3 is 0 Å². The predicted molar refractivity (Wildman–Crippen MR) is 113 cm³/mol. The van der Waals surface area contributed by atoms with Crippen molar-refractivity contribution in [2.24, 2.45) is 0 Å². The van der Waals surface area contributed by atoms with Gasteiger partial charge < -0.3 is 19.5 Å². The summed E-state index contributed by atoms with van der Waals surface area (Å²) in [6.07, 6.45) is 0. The summed E-state index contributed by atoms with van der Waals surface area (Å²) in [6.45, 7) is 4.80. The summed E-state index contributed by atoms with van der Waals surface area (Å²) < 4.78 is 15.9. The molecule has 7 heteroatoms. The quantitative estimate of drug-likeness (QED) is 0.736. The van der Waals surface area contributed by atoms with Crippen molar-refractivity contribution < 1.29 is 19.0 Å². The lowest BCUT2D eigenvalue weighted by Gasteiger charge is -2.34. The molecule has 0 aliphatic carbocycles. The third kappa shape index (κ3) is 5.85. The number of nitrogens with one attached hydrogen (secondary N) is 1. The first-order chi connectivity index (χ1) is 14.1. The van der Waals surface area contributed by atoms with Gasteiger partial charge in [-0.1, -0.05) is 12.1 Å². The fourth-order valence-corrected chi connectivity index (χ4v) is 3.45. The van der Waals surface area contributed by atoms with Gasteiger partial charge in [0.1, 0.15) is 5.75 Å². The van der Waals surface area contributed by atoms with Crippen molar-refractivity contribution in [2.45, 2.75) is 6.54 Å². The second-order valence-corrected chi connectivity index (χ2v) is 7.02. The van der Waals surface area contributed by atoms with Crippen LogP contribution in [0, 0.1) is 0 Å². The molecule has 1 heterocycles. The monoisotopic (exact) mass is 399 g/mol. The first kappa shape index (κ1) is 21.0. The molecular weight excluding hydrogens is 370 g/mol. The van der Waals surface area contributed by atoms with Gasteiger partial charge in [0.05, 0.1) is 27.9 Å². The van der Waals surface area contributed by atoms with Crippen LogP contribution in [0.25, 0.3) is 0 Å². The maximum Gasteiger partial charge on any atom is 0.238 e. The highest BCUT2D eigenvalue weighted by molar-refractivity contribution is 5.92. The first-order valence-electron chi connectivity index (χ1n) is 9.71. The summed E-state index contributed by atoms with van der Waals surface area (Å²) >= 11 is 0. The summed E-state index contributed by atoms with van der Waals surface area (Å²) in [5.74, 6) is 2.21. The number of carbonyl (C=O) groups excluding carboxylic acids is 1. The zero-order chi connectivity index (χ0) is 20.6. The topological polar surface area (TPSA) is 63.3 Å². The molecule has 1 aliphatic heterocycles. The van der Waals surface area contributed by atoms with Gasteiger partial charge in [0.25, 0.3) is 0 Å². The first-order valence-corrected chi connectivity index (χ1v) is 9.71. The molecule has 1 amide bonds. The van der Waals surface area contributed by atoms with Crippen LogP contribution in [0.4, 0.5) is 5.69 Å². The minimum atomic E-state index is -0.00778. The number of amides is 1. The van der Waals surface area contributed by atoms with Crippen molar-refractivity contribution in [1.29, 1.82) is 0 Å². The lowest BCUT2D eigenvalue weighted by molar-refractivity contribution is -0.117. The van der Waals surface area contributed by atoms with Crippen molar-refractivity contribution in [3.63, 3.8) is 0 Å². The number of hydrogen-bond donors (Lipinski definition) is 1. The number of methoxy groups -OCH3 is 3. The van der Waals surface area contributed by atoms with Crippen molar-refractivity contribution in [3.8, 4) is 17.2 Å². The van der Waals surface area contributed by atoms with Crippen LogP contribution in [0.2, 0.25) is 0 Å². The van der Waals surface area contributed by atoms with Crippen LogP contribution in [0.1, 0.15) is 5.56 Å². The van der Waals surface area contributed by atoms with Crippen LogP contribution < -0.4 is 19.5 Å². The molecule has 7 nitrogen and oxygen atoms in total. The molecule has 0 spiro atoms. The Hall–Kier alpha value is -2.77. The average molecular weight is 399 g/mol. The van der Waals surface area contributed by atoms with E-state index in [0.29, 0.717) is 6.54 Å². The smallest absolute Gasteiger partial charge is 0.238 e. The molecule has 2 aromatic rings. The third-order valence-electron chi connectivity index (χ3n) is 5.04. The molecule has 0 saturated carbocycles. The molecule has 3 rings (SSSR count). The molecule has 29 heavy (non-hydrogen) atoms. The van der Waals surface area contributed by atoms with Gasteiger partial charge in [0.15, 0.2) is 11.5 Å². The SMILES string of the molecule is COc1cccc(NC(=O)CN2CCN(Cc3ccc(OC)c(OC)c3)CC2)c1. The normalized spacial score (nSPS) is 15.0. The molecule has 0 aromatic heterocycles. The highest BCUT2D eigenvalue weighted by Gasteiger charge is 2.19. The summed E-state index contributed by atoms with van der Waals surface area (Å²) in [7, 11) is 4.90. The van der Waals surface area contributed by atoms with E-state index in [1.54, 1.807) is 21.3 Å². The van der Waals surface area contributed by atoms with Crippen molar-refractivity contribution >= 4 is 11.6 Å². The fourth-order valence-electron chi connectivity index (χ4n) is 3.45. The lowest BCUT2D eigenvalue weighted by atomic mass is 10.1. The van der Waals surface area contributed by atoms with Gasteiger partial charge in [-0.05, 0) is 29.8 Å². The molecule has 156 valence electrons. The number of ether oxygens (including phenoxy) is 3. The molecular formula is C22H29N3O4. The maximum absolute atomic E-state index is 12.4. The number of benzene rings is 2. The van der Waals surface area contributed by atoms with E-state index >= 15 is 0 Å².